The van der Waals surface area contributed by atoms with Crippen LogP contribution < -0.4 is 5.43 Å². The van der Waals surface area contributed by atoms with Gasteiger partial charge in [-0.05, 0) is 24.3 Å². The van der Waals surface area contributed by atoms with Crippen LogP contribution in [0.3, 0.4) is 0 Å². The van der Waals surface area contributed by atoms with E-state index in [1.807, 2.05) is 0 Å². The van der Waals surface area contributed by atoms with Crippen LogP contribution in [0.1, 0.15) is 11.1 Å². The summed E-state index contributed by atoms with van der Waals surface area (Å²) in [7, 11) is 0. The van der Waals surface area contributed by atoms with E-state index in [-0.39, 0.29) is 16.4 Å². The van der Waals surface area contributed by atoms with Crippen LogP contribution in [0.15, 0.2) is 41.6 Å². The maximum absolute atomic E-state index is 13.4. The molecular weight excluding hydrogens is 310 g/mol. The first-order valence-electron chi connectivity index (χ1n) is 5.64. The number of aromatic nitrogens is 1. The van der Waals surface area contributed by atoms with Crippen LogP contribution in [0.4, 0.5) is 23.4 Å². The van der Waals surface area contributed by atoms with Crippen LogP contribution >= 0.6 is 11.6 Å². The van der Waals surface area contributed by atoms with Crippen molar-refractivity contribution in [3.8, 4) is 0 Å². The van der Waals surface area contributed by atoms with Gasteiger partial charge >= 0.3 is 6.18 Å². The highest BCUT2D eigenvalue weighted by Crippen LogP contribution is 2.28. The van der Waals surface area contributed by atoms with Crippen molar-refractivity contribution in [2.45, 2.75) is 6.18 Å². The summed E-state index contributed by atoms with van der Waals surface area (Å²) >= 11 is 5.78. The third-order valence-corrected chi connectivity index (χ3v) is 2.79. The van der Waals surface area contributed by atoms with E-state index < -0.39 is 17.6 Å². The maximum atomic E-state index is 13.4. The van der Waals surface area contributed by atoms with Crippen LogP contribution in [0.25, 0.3) is 0 Å². The highest BCUT2D eigenvalue weighted by molar-refractivity contribution is 6.33. The molecule has 2 rings (SSSR count). The van der Waals surface area contributed by atoms with Gasteiger partial charge < -0.3 is 0 Å². The number of pyridine rings is 1. The van der Waals surface area contributed by atoms with Gasteiger partial charge in [-0.3, -0.25) is 5.43 Å². The molecule has 0 amide bonds. The van der Waals surface area contributed by atoms with Gasteiger partial charge in [-0.15, -0.1) is 0 Å². The lowest BCUT2D eigenvalue weighted by Gasteiger charge is -2.06. The van der Waals surface area contributed by atoms with E-state index in [1.54, 1.807) is 0 Å². The molecule has 0 radical (unpaired) electrons. The van der Waals surface area contributed by atoms with E-state index in [1.165, 1.54) is 18.2 Å². The molecule has 0 saturated carbocycles. The molecule has 0 atom stereocenters. The summed E-state index contributed by atoms with van der Waals surface area (Å²) in [4.78, 5) is 3.55. The lowest BCUT2D eigenvalue weighted by molar-refractivity contribution is -0.137. The Balaban J connectivity index is 2.08. The Morgan fingerprint density at radius 1 is 1.19 bits per heavy atom. The topological polar surface area (TPSA) is 37.3 Å². The molecule has 0 aliphatic carbocycles. The molecule has 1 N–H and O–H groups in total. The highest BCUT2D eigenvalue weighted by Gasteiger charge is 2.30. The van der Waals surface area contributed by atoms with Crippen LogP contribution in [0, 0.1) is 5.82 Å². The molecule has 110 valence electrons. The van der Waals surface area contributed by atoms with Gasteiger partial charge in [0.25, 0.3) is 0 Å². The first kappa shape index (κ1) is 15.2. The lowest BCUT2D eigenvalue weighted by atomic mass is 10.2. The summed E-state index contributed by atoms with van der Waals surface area (Å²) in [5.74, 6) is -0.472. The van der Waals surface area contributed by atoms with E-state index in [0.29, 0.717) is 6.20 Å². The standard InChI is InChI=1S/C13H8ClF4N3/c14-10-2-1-3-11(15)9(10)7-20-21-12-5-4-8(6-19-12)13(16,17)18/h1-7H,(H,19,21). The molecule has 0 unspecified atom stereocenters. The van der Waals surface area contributed by atoms with Gasteiger partial charge in [0.2, 0.25) is 0 Å². The molecule has 0 aliphatic heterocycles. The fourth-order valence-electron chi connectivity index (χ4n) is 1.42. The molecule has 0 saturated heterocycles. The van der Waals surface area contributed by atoms with Crippen molar-refractivity contribution in [3.63, 3.8) is 0 Å². The summed E-state index contributed by atoms with van der Waals surface area (Å²) in [6, 6.07) is 6.12. The molecule has 0 bridgehead atoms. The Morgan fingerprint density at radius 3 is 2.52 bits per heavy atom. The Kier molecular flexibility index (Phi) is 4.42. The Morgan fingerprint density at radius 2 is 1.95 bits per heavy atom. The number of nitrogens with zero attached hydrogens (tertiary/aromatic N) is 2. The first-order valence-corrected chi connectivity index (χ1v) is 6.02. The SMILES string of the molecule is Fc1cccc(Cl)c1C=NNc1ccc(C(F)(F)F)cn1. The molecular formula is C13H8ClF4N3. The zero-order chi connectivity index (χ0) is 15.5. The molecule has 0 fully saturated rings. The maximum Gasteiger partial charge on any atom is 0.417 e. The van der Waals surface area contributed by atoms with E-state index in [0.717, 1.165) is 18.3 Å². The van der Waals surface area contributed by atoms with Crippen molar-refractivity contribution in [2.24, 2.45) is 5.10 Å². The predicted octanol–water partition coefficient (Wildman–Crippen LogP) is 4.34. The zero-order valence-electron chi connectivity index (χ0n) is 10.3. The number of anilines is 1. The number of hydrogen-bond acceptors (Lipinski definition) is 3. The molecule has 21 heavy (non-hydrogen) atoms. The van der Waals surface area contributed by atoms with Crippen molar-refractivity contribution in [1.29, 1.82) is 0 Å². The third kappa shape index (κ3) is 3.91. The minimum Gasteiger partial charge on any atom is -0.261 e. The van der Waals surface area contributed by atoms with Gasteiger partial charge in [-0.25, -0.2) is 9.37 Å². The number of hydrazone groups is 1. The van der Waals surface area contributed by atoms with Crippen molar-refractivity contribution in [2.75, 3.05) is 5.43 Å². The second-order valence-corrected chi connectivity index (χ2v) is 4.34. The van der Waals surface area contributed by atoms with Crippen LogP contribution in [0.5, 0.6) is 0 Å². The number of nitrogens with one attached hydrogen (secondary N) is 1. The van der Waals surface area contributed by atoms with Crippen LogP contribution in [-0.4, -0.2) is 11.2 Å². The highest BCUT2D eigenvalue weighted by atomic mass is 35.5. The molecule has 3 nitrogen and oxygen atoms in total. The fourth-order valence-corrected chi connectivity index (χ4v) is 1.64. The number of halogens is 5. The summed E-state index contributed by atoms with van der Waals surface area (Å²) in [6.07, 6.45) is -2.65. The Labute approximate surface area is 122 Å². The average molecular weight is 318 g/mol. The van der Waals surface area contributed by atoms with Crippen molar-refractivity contribution in [3.05, 3.63) is 58.5 Å². The molecule has 2 aromatic rings. The van der Waals surface area contributed by atoms with Crippen LogP contribution in [0.2, 0.25) is 5.02 Å². The summed E-state index contributed by atoms with van der Waals surface area (Å²) in [5, 5.41) is 3.85. The smallest absolute Gasteiger partial charge is 0.261 e. The third-order valence-electron chi connectivity index (χ3n) is 2.46. The van der Waals surface area contributed by atoms with E-state index in [2.05, 4.69) is 15.5 Å². The number of rotatable bonds is 3. The molecule has 0 spiro atoms. The van der Waals surface area contributed by atoms with Crippen molar-refractivity contribution >= 4 is 23.6 Å². The quantitative estimate of drug-likeness (QED) is 0.519. The minimum absolute atomic E-state index is 0.0681. The van der Waals surface area contributed by atoms with Gasteiger partial charge in [0.05, 0.1) is 16.8 Å². The second kappa shape index (κ2) is 6.09. The second-order valence-electron chi connectivity index (χ2n) is 3.94. The predicted molar refractivity (Wildman–Crippen MR) is 71.9 cm³/mol. The van der Waals surface area contributed by atoms with Crippen LogP contribution in [-0.2, 0) is 6.18 Å². The first-order chi connectivity index (χ1) is 9.88. The monoisotopic (exact) mass is 317 g/mol. The lowest BCUT2D eigenvalue weighted by Crippen LogP contribution is -2.05. The van der Waals surface area contributed by atoms with Gasteiger partial charge in [-0.1, -0.05) is 17.7 Å². The molecule has 0 aliphatic rings. The van der Waals surface area contributed by atoms with Gasteiger partial charge in [0, 0.05) is 11.8 Å². The van der Waals surface area contributed by atoms with Crippen molar-refractivity contribution in [1.82, 2.24) is 4.98 Å². The molecule has 1 aromatic carbocycles. The molecule has 8 heteroatoms. The van der Waals surface area contributed by atoms with Gasteiger partial charge in [0.1, 0.15) is 11.6 Å². The zero-order valence-corrected chi connectivity index (χ0v) is 11.1. The number of benzene rings is 1. The largest absolute Gasteiger partial charge is 0.417 e. The summed E-state index contributed by atoms with van der Waals surface area (Å²) < 4.78 is 50.4. The van der Waals surface area contributed by atoms with Gasteiger partial charge in [-0.2, -0.15) is 18.3 Å². The number of hydrogen-bond donors (Lipinski definition) is 1. The average Bonchev–Trinajstić information content (AvgIpc) is 2.42. The van der Waals surface area contributed by atoms with Gasteiger partial charge in [0.15, 0.2) is 0 Å². The Bertz CT molecular complexity index is 633. The van der Waals surface area contributed by atoms with E-state index in [9.17, 15) is 17.6 Å². The Hall–Kier alpha value is -2.15. The minimum atomic E-state index is -4.45. The normalized spacial score (nSPS) is 11.9. The molecule has 1 aromatic heterocycles. The van der Waals surface area contributed by atoms with E-state index >= 15 is 0 Å². The summed E-state index contributed by atoms with van der Waals surface area (Å²) in [6.45, 7) is 0. The molecule has 1 heterocycles. The van der Waals surface area contributed by atoms with E-state index in [4.69, 9.17) is 11.6 Å². The summed E-state index contributed by atoms with van der Waals surface area (Å²) in [5.41, 5.74) is 1.59. The van der Waals surface area contributed by atoms with Crippen molar-refractivity contribution < 1.29 is 17.6 Å². The fraction of sp³-hybridized carbons (Fsp3) is 0.0769. The number of alkyl halides is 3.